The van der Waals surface area contributed by atoms with Crippen molar-refractivity contribution in [2.24, 2.45) is 10.9 Å². The minimum atomic E-state index is -0.469. The highest BCUT2D eigenvalue weighted by molar-refractivity contribution is 6.23. The number of anilines is 2. The third kappa shape index (κ3) is 3.76. The summed E-state index contributed by atoms with van der Waals surface area (Å²) in [6, 6.07) is 11.0. The van der Waals surface area contributed by atoms with Crippen molar-refractivity contribution in [3.05, 3.63) is 58.4 Å². The fraction of sp³-hybridized carbons (Fsp3) is 0.400. The van der Waals surface area contributed by atoms with Crippen LogP contribution in [-0.2, 0) is 11.3 Å². The Morgan fingerprint density at radius 2 is 2.03 bits per heavy atom. The number of hydrogen-bond acceptors (Lipinski definition) is 5. The highest BCUT2D eigenvalue weighted by atomic mass is 19.1. The second-order valence-electron chi connectivity index (χ2n) is 8.83. The SMILES string of the molecule is Cc1cc(CN2CCN(c3ccc(C#N)c(F)c3)CC2)cc2c1C1=NCCCC1C(=O)N2. The van der Waals surface area contributed by atoms with E-state index in [1.54, 1.807) is 6.07 Å². The monoisotopic (exact) mass is 431 g/mol. The molecule has 2 aromatic carbocycles. The summed E-state index contributed by atoms with van der Waals surface area (Å²) in [5, 5.41) is 12.0. The van der Waals surface area contributed by atoms with E-state index >= 15 is 0 Å². The number of aliphatic imine (C=N–C) groups is 1. The van der Waals surface area contributed by atoms with Gasteiger partial charge in [0.05, 0.1) is 22.9 Å². The average molecular weight is 432 g/mol. The molecule has 3 aliphatic heterocycles. The molecular formula is C25H26FN5O. The maximum atomic E-state index is 14.0. The lowest BCUT2D eigenvalue weighted by molar-refractivity contribution is -0.118. The van der Waals surface area contributed by atoms with Crippen molar-refractivity contribution >= 4 is 23.0 Å². The Morgan fingerprint density at radius 1 is 1.22 bits per heavy atom. The van der Waals surface area contributed by atoms with Crippen molar-refractivity contribution in [1.29, 1.82) is 5.26 Å². The van der Waals surface area contributed by atoms with Gasteiger partial charge in [-0.2, -0.15) is 5.26 Å². The number of halogens is 1. The van der Waals surface area contributed by atoms with Crippen LogP contribution in [0.2, 0.25) is 0 Å². The minimum absolute atomic E-state index is 0.0655. The average Bonchev–Trinajstić information content (AvgIpc) is 2.79. The highest BCUT2D eigenvalue weighted by Gasteiger charge is 2.34. The Kier molecular flexibility index (Phi) is 5.40. The van der Waals surface area contributed by atoms with E-state index in [1.807, 2.05) is 12.1 Å². The van der Waals surface area contributed by atoms with E-state index in [9.17, 15) is 9.18 Å². The van der Waals surface area contributed by atoms with Crippen LogP contribution in [0.4, 0.5) is 15.8 Å². The summed E-state index contributed by atoms with van der Waals surface area (Å²) in [5.41, 5.74) is 6.18. The number of amides is 1. The molecule has 6 nitrogen and oxygen atoms in total. The lowest BCUT2D eigenvalue weighted by atomic mass is 9.83. The predicted octanol–water partition coefficient (Wildman–Crippen LogP) is 3.48. The van der Waals surface area contributed by atoms with Crippen molar-refractivity contribution in [2.45, 2.75) is 26.3 Å². The summed E-state index contributed by atoms with van der Waals surface area (Å²) >= 11 is 0. The molecule has 1 atom stereocenters. The maximum absolute atomic E-state index is 14.0. The van der Waals surface area contributed by atoms with Crippen LogP contribution in [-0.4, -0.2) is 49.2 Å². The van der Waals surface area contributed by atoms with Gasteiger partial charge >= 0.3 is 0 Å². The molecule has 1 amide bonds. The van der Waals surface area contributed by atoms with E-state index in [-0.39, 0.29) is 17.4 Å². The van der Waals surface area contributed by atoms with Gasteiger partial charge in [0.1, 0.15) is 11.9 Å². The van der Waals surface area contributed by atoms with Gasteiger partial charge in [-0.3, -0.25) is 14.7 Å². The topological polar surface area (TPSA) is 71.7 Å². The van der Waals surface area contributed by atoms with Crippen LogP contribution in [0.5, 0.6) is 0 Å². The number of nitriles is 1. The van der Waals surface area contributed by atoms with Crippen molar-refractivity contribution in [3.8, 4) is 6.07 Å². The first-order valence-corrected chi connectivity index (χ1v) is 11.2. The Bertz CT molecular complexity index is 1140. The van der Waals surface area contributed by atoms with Crippen LogP contribution in [0.3, 0.4) is 0 Å². The number of piperazine rings is 1. The van der Waals surface area contributed by atoms with Crippen LogP contribution >= 0.6 is 0 Å². The van der Waals surface area contributed by atoms with E-state index < -0.39 is 5.82 Å². The zero-order chi connectivity index (χ0) is 22.2. The van der Waals surface area contributed by atoms with E-state index in [0.29, 0.717) is 0 Å². The number of hydrogen-bond donors (Lipinski definition) is 1. The summed E-state index contributed by atoms with van der Waals surface area (Å²) < 4.78 is 14.0. The lowest BCUT2D eigenvalue weighted by Crippen LogP contribution is -2.46. The molecule has 0 aromatic heterocycles. The summed E-state index contributed by atoms with van der Waals surface area (Å²) in [5.74, 6) is -0.513. The molecule has 5 rings (SSSR count). The number of carbonyl (C=O) groups excluding carboxylic acids is 1. The van der Waals surface area contributed by atoms with Gasteiger partial charge in [-0.1, -0.05) is 6.07 Å². The molecule has 0 radical (unpaired) electrons. The molecule has 1 saturated heterocycles. The van der Waals surface area contributed by atoms with E-state index in [0.717, 1.165) is 80.3 Å². The fourth-order valence-corrected chi connectivity index (χ4v) is 5.08. The summed E-state index contributed by atoms with van der Waals surface area (Å²) in [4.78, 5) is 21.8. The van der Waals surface area contributed by atoms with Gasteiger partial charge in [0.25, 0.3) is 0 Å². The van der Waals surface area contributed by atoms with Crippen molar-refractivity contribution < 1.29 is 9.18 Å². The Labute approximate surface area is 187 Å². The zero-order valence-electron chi connectivity index (χ0n) is 18.2. The summed E-state index contributed by atoms with van der Waals surface area (Å²) in [6.45, 7) is 7.01. The number of benzene rings is 2. The van der Waals surface area contributed by atoms with Crippen LogP contribution in [0, 0.1) is 30.0 Å². The normalized spacial score (nSPS) is 20.7. The standard InChI is InChI=1S/C25H26FN5O/c1-16-11-17(12-22-23(16)24-20(25(32)29-22)3-2-6-28-24)15-30-7-9-31(10-8-30)19-5-4-18(14-27)21(26)13-19/h4-5,11-13,20H,2-3,6-10,15H2,1H3,(H,29,32). The summed E-state index contributed by atoms with van der Waals surface area (Å²) in [7, 11) is 0. The smallest absolute Gasteiger partial charge is 0.233 e. The van der Waals surface area contributed by atoms with Gasteiger partial charge in [0.15, 0.2) is 0 Å². The second kappa shape index (κ2) is 8.36. The van der Waals surface area contributed by atoms with Crippen molar-refractivity contribution in [1.82, 2.24) is 4.90 Å². The molecular weight excluding hydrogens is 405 g/mol. The van der Waals surface area contributed by atoms with E-state index in [1.165, 1.54) is 11.6 Å². The number of fused-ring (bicyclic) bond motifs is 3. The molecule has 32 heavy (non-hydrogen) atoms. The third-order valence-corrected chi connectivity index (χ3v) is 6.71. The molecule has 0 bridgehead atoms. The van der Waals surface area contributed by atoms with Crippen LogP contribution < -0.4 is 10.2 Å². The first-order valence-electron chi connectivity index (χ1n) is 11.2. The molecule has 0 spiro atoms. The quantitative estimate of drug-likeness (QED) is 0.808. The van der Waals surface area contributed by atoms with Crippen LogP contribution in [0.25, 0.3) is 0 Å². The van der Waals surface area contributed by atoms with Crippen LogP contribution in [0.1, 0.15) is 35.1 Å². The first kappa shape index (κ1) is 20.7. The third-order valence-electron chi connectivity index (χ3n) is 6.71. The maximum Gasteiger partial charge on any atom is 0.233 e. The molecule has 1 unspecified atom stereocenters. The van der Waals surface area contributed by atoms with Gasteiger partial charge < -0.3 is 10.2 Å². The minimum Gasteiger partial charge on any atom is -0.369 e. The fourth-order valence-electron chi connectivity index (χ4n) is 5.08. The van der Waals surface area contributed by atoms with Gasteiger partial charge in [-0.25, -0.2) is 4.39 Å². The van der Waals surface area contributed by atoms with E-state index in [2.05, 4.69) is 34.2 Å². The Balaban J connectivity index is 1.28. The molecule has 1 N–H and O–H groups in total. The number of nitrogens with zero attached hydrogens (tertiary/aromatic N) is 4. The van der Waals surface area contributed by atoms with Gasteiger partial charge in [0.2, 0.25) is 5.91 Å². The number of aryl methyl sites for hydroxylation is 1. The highest BCUT2D eigenvalue weighted by Crippen LogP contribution is 2.34. The van der Waals surface area contributed by atoms with Crippen LogP contribution in [0.15, 0.2) is 35.3 Å². The Hall–Kier alpha value is -3.24. The number of rotatable bonds is 3. The largest absolute Gasteiger partial charge is 0.369 e. The van der Waals surface area contributed by atoms with Gasteiger partial charge in [0, 0.05) is 50.5 Å². The Morgan fingerprint density at radius 3 is 2.78 bits per heavy atom. The second-order valence-corrected chi connectivity index (χ2v) is 8.83. The first-order chi connectivity index (χ1) is 15.5. The van der Waals surface area contributed by atoms with Gasteiger partial charge in [-0.15, -0.1) is 0 Å². The van der Waals surface area contributed by atoms with Crippen molar-refractivity contribution in [3.63, 3.8) is 0 Å². The number of nitrogens with one attached hydrogen (secondary N) is 1. The molecule has 2 aromatic rings. The predicted molar refractivity (Wildman–Crippen MR) is 123 cm³/mol. The summed E-state index contributed by atoms with van der Waals surface area (Å²) in [6.07, 6.45) is 1.84. The van der Waals surface area contributed by atoms with Gasteiger partial charge in [-0.05, 0) is 55.2 Å². The molecule has 3 aliphatic rings. The molecule has 3 heterocycles. The molecule has 0 aliphatic carbocycles. The lowest BCUT2D eigenvalue weighted by Gasteiger charge is -2.36. The van der Waals surface area contributed by atoms with E-state index in [4.69, 9.17) is 10.3 Å². The van der Waals surface area contributed by atoms with Crippen molar-refractivity contribution in [2.75, 3.05) is 42.9 Å². The zero-order valence-corrected chi connectivity index (χ0v) is 18.2. The number of carbonyl (C=O) groups is 1. The molecule has 0 saturated carbocycles. The molecule has 7 heteroatoms. The molecule has 164 valence electrons. The molecule has 1 fully saturated rings.